The van der Waals surface area contributed by atoms with Crippen LogP contribution in [0.3, 0.4) is 0 Å². The summed E-state index contributed by atoms with van der Waals surface area (Å²) in [6.45, 7) is 2.70. The van der Waals surface area contributed by atoms with Crippen LogP contribution in [0.25, 0.3) is 11.2 Å². The van der Waals surface area contributed by atoms with Crippen LogP contribution in [0.1, 0.15) is 22.8 Å². The number of hydrogen-bond acceptors (Lipinski definition) is 6. The lowest BCUT2D eigenvalue weighted by Crippen LogP contribution is -2.05. The Balaban J connectivity index is 1.66. The summed E-state index contributed by atoms with van der Waals surface area (Å²) < 4.78 is 6.97. The monoisotopic (exact) mass is 407 g/mol. The molecule has 0 aliphatic heterocycles. The molecule has 2 heterocycles. The number of benzene rings is 2. The standard InChI is InChI=1S/C21H18ClN5O2/c1-2-29-20(28)15-9-6-10-16(11-15)24-18-17-19(26-21(22)25-18)27(13-23-17)12-14-7-4-3-5-8-14/h3-11,13H,2,12H2,1H3,(H,24,25,26). The summed E-state index contributed by atoms with van der Waals surface area (Å²) in [4.78, 5) is 25.1. The minimum Gasteiger partial charge on any atom is -0.462 e. The third kappa shape index (κ3) is 4.20. The predicted molar refractivity (Wildman–Crippen MR) is 112 cm³/mol. The fraction of sp³-hybridized carbons (Fsp3) is 0.143. The maximum absolute atomic E-state index is 12.0. The number of carbonyl (C=O) groups is 1. The minimum absolute atomic E-state index is 0.108. The van der Waals surface area contributed by atoms with Gasteiger partial charge in [0, 0.05) is 5.69 Å². The largest absolute Gasteiger partial charge is 0.462 e. The Bertz CT molecular complexity index is 1160. The summed E-state index contributed by atoms with van der Waals surface area (Å²) in [6, 6.07) is 17.0. The van der Waals surface area contributed by atoms with E-state index in [1.54, 1.807) is 31.5 Å². The Kier molecular flexibility index (Phi) is 5.39. The van der Waals surface area contributed by atoms with Crippen LogP contribution in [-0.4, -0.2) is 32.1 Å². The first-order valence-corrected chi connectivity index (χ1v) is 9.48. The molecule has 0 spiro atoms. The van der Waals surface area contributed by atoms with E-state index < -0.39 is 0 Å². The highest BCUT2D eigenvalue weighted by Crippen LogP contribution is 2.25. The quantitative estimate of drug-likeness (QED) is 0.375. The summed E-state index contributed by atoms with van der Waals surface area (Å²) >= 11 is 6.17. The van der Waals surface area contributed by atoms with Gasteiger partial charge in [0.2, 0.25) is 5.28 Å². The molecule has 0 amide bonds. The van der Waals surface area contributed by atoms with Crippen LogP contribution in [0, 0.1) is 0 Å². The number of fused-ring (bicyclic) bond motifs is 1. The van der Waals surface area contributed by atoms with E-state index in [1.807, 2.05) is 41.0 Å². The molecule has 0 saturated carbocycles. The molecule has 0 bridgehead atoms. The summed E-state index contributed by atoms with van der Waals surface area (Å²) in [5.74, 6) is 0.0852. The van der Waals surface area contributed by atoms with Crippen molar-refractivity contribution in [2.45, 2.75) is 13.5 Å². The number of nitrogens with one attached hydrogen (secondary N) is 1. The van der Waals surface area contributed by atoms with E-state index in [1.165, 1.54) is 0 Å². The number of anilines is 2. The maximum atomic E-state index is 12.0. The number of ether oxygens (including phenoxy) is 1. The van der Waals surface area contributed by atoms with Crippen molar-refractivity contribution >= 4 is 40.2 Å². The number of nitrogens with zero attached hydrogens (tertiary/aromatic N) is 4. The van der Waals surface area contributed by atoms with Crippen molar-refractivity contribution in [3.63, 3.8) is 0 Å². The van der Waals surface area contributed by atoms with Crippen molar-refractivity contribution in [1.29, 1.82) is 0 Å². The molecule has 0 unspecified atom stereocenters. The van der Waals surface area contributed by atoms with Crippen molar-refractivity contribution in [3.8, 4) is 0 Å². The van der Waals surface area contributed by atoms with Gasteiger partial charge in [-0.2, -0.15) is 9.97 Å². The van der Waals surface area contributed by atoms with E-state index in [-0.39, 0.29) is 11.3 Å². The number of rotatable bonds is 6. The number of carbonyl (C=O) groups excluding carboxylic acids is 1. The second-order valence-electron chi connectivity index (χ2n) is 6.30. The van der Waals surface area contributed by atoms with Gasteiger partial charge in [0.25, 0.3) is 0 Å². The summed E-state index contributed by atoms with van der Waals surface area (Å²) in [5.41, 5.74) is 3.45. The second-order valence-corrected chi connectivity index (χ2v) is 6.64. The lowest BCUT2D eigenvalue weighted by atomic mass is 10.2. The van der Waals surface area contributed by atoms with Gasteiger partial charge in [-0.15, -0.1) is 0 Å². The number of hydrogen-bond donors (Lipinski definition) is 1. The molecule has 0 radical (unpaired) electrons. The van der Waals surface area contributed by atoms with Crippen LogP contribution < -0.4 is 5.32 Å². The summed E-state index contributed by atoms with van der Waals surface area (Å²) in [5, 5.41) is 3.29. The topological polar surface area (TPSA) is 81.9 Å². The molecule has 146 valence electrons. The number of aromatic nitrogens is 4. The Labute approximate surface area is 172 Å². The number of halogens is 1. The fourth-order valence-electron chi connectivity index (χ4n) is 2.98. The zero-order valence-corrected chi connectivity index (χ0v) is 16.4. The minimum atomic E-state index is -0.380. The first-order valence-electron chi connectivity index (χ1n) is 9.10. The normalized spacial score (nSPS) is 10.8. The second kappa shape index (κ2) is 8.28. The third-order valence-corrected chi connectivity index (χ3v) is 4.44. The lowest BCUT2D eigenvalue weighted by molar-refractivity contribution is 0.0526. The first kappa shape index (κ1) is 18.9. The van der Waals surface area contributed by atoms with E-state index in [0.717, 1.165) is 5.56 Å². The molecule has 4 aromatic rings. The zero-order chi connectivity index (χ0) is 20.2. The van der Waals surface area contributed by atoms with Crippen molar-refractivity contribution in [2.75, 3.05) is 11.9 Å². The Morgan fingerprint density at radius 2 is 1.97 bits per heavy atom. The Morgan fingerprint density at radius 3 is 2.76 bits per heavy atom. The van der Waals surface area contributed by atoms with Crippen LogP contribution in [0.5, 0.6) is 0 Å². The zero-order valence-electron chi connectivity index (χ0n) is 15.7. The smallest absolute Gasteiger partial charge is 0.338 e. The Hall–Kier alpha value is -3.45. The fourth-order valence-corrected chi connectivity index (χ4v) is 3.14. The summed E-state index contributed by atoms with van der Waals surface area (Å²) in [7, 11) is 0. The lowest BCUT2D eigenvalue weighted by Gasteiger charge is -2.09. The highest BCUT2D eigenvalue weighted by Gasteiger charge is 2.14. The highest BCUT2D eigenvalue weighted by molar-refractivity contribution is 6.28. The average Bonchev–Trinajstić information content (AvgIpc) is 3.12. The van der Waals surface area contributed by atoms with Gasteiger partial charge in [-0.25, -0.2) is 9.78 Å². The van der Waals surface area contributed by atoms with E-state index in [0.29, 0.717) is 41.4 Å². The molecule has 0 fully saturated rings. The van der Waals surface area contributed by atoms with Crippen molar-refractivity contribution in [2.24, 2.45) is 0 Å². The molecule has 0 aliphatic rings. The molecule has 1 N–H and O–H groups in total. The first-order chi connectivity index (χ1) is 14.1. The molecule has 4 rings (SSSR count). The molecule has 7 nitrogen and oxygen atoms in total. The molecule has 0 saturated heterocycles. The predicted octanol–water partition coefficient (Wildman–Crippen LogP) is 4.45. The van der Waals surface area contributed by atoms with Crippen molar-refractivity contribution in [3.05, 3.63) is 77.3 Å². The van der Waals surface area contributed by atoms with E-state index in [4.69, 9.17) is 16.3 Å². The summed E-state index contributed by atoms with van der Waals surface area (Å²) in [6.07, 6.45) is 1.71. The van der Waals surface area contributed by atoms with Gasteiger partial charge >= 0.3 is 5.97 Å². The highest BCUT2D eigenvalue weighted by atomic mass is 35.5. The van der Waals surface area contributed by atoms with E-state index in [2.05, 4.69) is 20.3 Å². The average molecular weight is 408 g/mol. The third-order valence-electron chi connectivity index (χ3n) is 4.27. The van der Waals surface area contributed by atoms with Gasteiger partial charge < -0.3 is 14.6 Å². The van der Waals surface area contributed by atoms with Crippen molar-refractivity contribution in [1.82, 2.24) is 19.5 Å². The number of esters is 1. The molecule has 8 heteroatoms. The van der Waals surface area contributed by atoms with Gasteiger partial charge in [-0.3, -0.25) is 0 Å². The van der Waals surface area contributed by atoms with Crippen LogP contribution in [0.2, 0.25) is 5.28 Å². The molecular weight excluding hydrogens is 390 g/mol. The molecule has 0 aliphatic carbocycles. The molecule has 2 aromatic heterocycles. The van der Waals surface area contributed by atoms with Gasteiger partial charge in [-0.1, -0.05) is 36.4 Å². The number of imidazole rings is 1. The maximum Gasteiger partial charge on any atom is 0.338 e. The molecular formula is C21H18ClN5O2. The van der Waals surface area contributed by atoms with Crippen molar-refractivity contribution < 1.29 is 9.53 Å². The molecule has 29 heavy (non-hydrogen) atoms. The van der Waals surface area contributed by atoms with E-state index >= 15 is 0 Å². The molecule has 2 aromatic carbocycles. The van der Waals surface area contributed by atoms with Crippen LogP contribution in [-0.2, 0) is 11.3 Å². The van der Waals surface area contributed by atoms with Crippen LogP contribution >= 0.6 is 11.6 Å². The van der Waals surface area contributed by atoms with Gasteiger partial charge in [0.05, 0.1) is 25.0 Å². The van der Waals surface area contributed by atoms with Gasteiger partial charge in [0.1, 0.15) is 0 Å². The van der Waals surface area contributed by atoms with Crippen LogP contribution in [0.4, 0.5) is 11.5 Å². The van der Waals surface area contributed by atoms with E-state index in [9.17, 15) is 4.79 Å². The van der Waals surface area contributed by atoms with Gasteiger partial charge in [-0.05, 0) is 42.3 Å². The van der Waals surface area contributed by atoms with Crippen LogP contribution in [0.15, 0.2) is 60.9 Å². The van der Waals surface area contributed by atoms with Gasteiger partial charge in [0.15, 0.2) is 17.0 Å². The SMILES string of the molecule is CCOC(=O)c1cccc(Nc2nc(Cl)nc3c2ncn3Cc2ccccc2)c1. The molecule has 0 atom stereocenters. The Morgan fingerprint density at radius 1 is 1.14 bits per heavy atom.